The normalized spacial score (nSPS) is 15.4. The van der Waals surface area contributed by atoms with Crippen LogP contribution in [0.5, 0.6) is 0 Å². The van der Waals surface area contributed by atoms with E-state index in [9.17, 15) is 0 Å². The van der Waals surface area contributed by atoms with Gasteiger partial charge in [-0.15, -0.1) is 0 Å². The number of nitrogen functional groups attached to an aromatic ring is 1. The average Bonchev–Trinajstić information content (AvgIpc) is 2.48. The van der Waals surface area contributed by atoms with E-state index in [4.69, 9.17) is 5.73 Å². The van der Waals surface area contributed by atoms with Gasteiger partial charge in [0.15, 0.2) is 5.82 Å². The fourth-order valence-electron chi connectivity index (χ4n) is 2.38. The first-order chi connectivity index (χ1) is 9.74. The highest BCUT2D eigenvalue weighted by Gasteiger charge is 2.20. The summed E-state index contributed by atoms with van der Waals surface area (Å²) in [4.78, 5) is 17.6. The average molecular weight is 270 g/mol. The number of anilines is 3. The number of rotatable bonds is 2. The molecule has 0 aromatic carbocycles. The predicted octanol–water partition coefficient (Wildman–Crippen LogP) is 1.09. The molecule has 6 heteroatoms. The Kier molecular flexibility index (Phi) is 3.37. The zero-order valence-electron chi connectivity index (χ0n) is 11.5. The SMILES string of the molecule is Cc1ccnc(N2CCN(c3ncccc3N)CC2)n1. The number of aryl methyl sites for hydroxylation is 1. The molecule has 1 fully saturated rings. The molecular weight excluding hydrogens is 252 g/mol. The molecule has 2 N–H and O–H groups in total. The van der Waals surface area contributed by atoms with Crippen molar-refractivity contribution in [1.82, 2.24) is 15.0 Å². The Morgan fingerprint density at radius 3 is 2.45 bits per heavy atom. The van der Waals surface area contributed by atoms with Crippen LogP contribution in [0.15, 0.2) is 30.6 Å². The quantitative estimate of drug-likeness (QED) is 0.880. The van der Waals surface area contributed by atoms with Gasteiger partial charge in [-0.2, -0.15) is 0 Å². The molecule has 6 nitrogen and oxygen atoms in total. The van der Waals surface area contributed by atoms with E-state index in [0.29, 0.717) is 0 Å². The Morgan fingerprint density at radius 2 is 1.75 bits per heavy atom. The third-order valence-corrected chi connectivity index (χ3v) is 3.46. The summed E-state index contributed by atoms with van der Waals surface area (Å²) in [6.07, 6.45) is 3.59. The number of hydrogen-bond donors (Lipinski definition) is 1. The first-order valence-corrected chi connectivity index (χ1v) is 6.74. The Bertz CT molecular complexity index is 592. The number of pyridine rings is 1. The second-order valence-electron chi connectivity index (χ2n) is 4.89. The van der Waals surface area contributed by atoms with Crippen LogP contribution in [0.25, 0.3) is 0 Å². The zero-order chi connectivity index (χ0) is 13.9. The summed E-state index contributed by atoms with van der Waals surface area (Å²) >= 11 is 0. The van der Waals surface area contributed by atoms with Crippen LogP contribution in [-0.4, -0.2) is 41.1 Å². The van der Waals surface area contributed by atoms with Crippen molar-refractivity contribution in [1.29, 1.82) is 0 Å². The van der Waals surface area contributed by atoms with Crippen LogP contribution in [-0.2, 0) is 0 Å². The molecule has 0 aliphatic carbocycles. The molecule has 0 unspecified atom stereocenters. The number of nitrogens with two attached hydrogens (primary N) is 1. The van der Waals surface area contributed by atoms with E-state index in [0.717, 1.165) is 49.3 Å². The molecule has 0 amide bonds. The van der Waals surface area contributed by atoms with E-state index in [1.807, 2.05) is 25.1 Å². The lowest BCUT2D eigenvalue weighted by Gasteiger charge is -2.35. The van der Waals surface area contributed by atoms with Crippen molar-refractivity contribution in [3.05, 3.63) is 36.3 Å². The van der Waals surface area contributed by atoms with E-state index < -0.39 is 0 Å². The molecule has 1 aliphatic heterocycles. The Balaban J connectivity index is 1.70. The third kappa shape index (κ3) is 2.49. The Labute approximate surface area is 118 Å². The van der Waals surface area contributed by atoms with Crippen LogP contribution in [0.4, 0.5) is 17.5 Å². The van der Waals surface area contributed by atoms with E-state index >= 15 is 0 Å². The van der Waals surface area contributed by atoms with Crippen LogP contribution >= 0.6 is 0 Å². The number of nitrogens with zero attached hydrogens (tertiary/aromatic N) is 5. The largest absolute Gasteiger partial charge is 0.396 e. The van der Waals surface area contributed by atoms with Gasteiger partial charge in [0.25, 0.3) is 0 Å². The third-order valence-electron chi connectivity index (χ3n) is 3.46. The molecule has 20 heavy (non-hydrogen) atoms. The summed E-state index contributed by atoms with van der Waals surface area (Å²) in [6.45, 7) is 5.48. The Hall–Kier alpha value is -2.37. The summed E-state index contributed by atoms with van der Waals surface area (Å²) in [6, 6.07) is 5.66. The van der Waals surface area contributed by atoms with Crippen LogP contribution < -0.4 is 15.5 Å². The van der Waals surface area contributed by atoms with Crippen LogP contribution in [0.3, 0.4) is 0 Å². The summed E-state index contributed by atoms with van der Waals surface area (Å²) in [5.74, 6) is 1.68. The van der Waals surface area contributed by atoms with Crippen LogP contribution in [0.2, 0.25) is 0 Å². The van der Waals surface area contributed by atoms with Crippen molar-refractivity contribution in [3.8, 4) is 0 Å². The van der Waals surface area contributed by atoms with Gasteiger partial charge in [-0.1, -0.05) is 0 Å². The van der Waals surface area contributed by atoms with Crippen molar-refractivity contribution in [2.75, 3.05) is 41.7 Å². The number of piperazine rings is 1. The van der Waals surface area contributed by atoms with Crippen molar-refractivity contribution < 1.29 is 0 Å². The van der Waals surface area contributed by atoms with Gasteiger partial charge in [0.05, 0.1) is 5.69 Å². The predicted molar refractivity (Wildman–Crippen MR) is 79.8 cm³/mol. The maximum absolute atomic E-state index is 5.97. The monoisotopic (exact) mass is 270 g/mol. The number of hydrogen-bond acceptors (Lipinski definition) is 6. The highest BCUT2D eigenvalue weighted by molar-refractivity contribution is 5.62. The fraction of sp³-hybridized carbons (Fsp3) is 0.357. The molecule has 0 atom stereocenters. The van der Waals surface area contributed by atoms with Gasteiger partial charge in [0.2, 0.25) is 5.95 Å². The minimum atomic E-state index is 0.729. The summed E-state index contributed by atoms with van der Waals surface area (Å²) < 4.78 is 0. The van der Waals surface area contributed by atoms with Gasteiger partial charge >= 0.3 is 0 Å². The molecule has 0 saturated carbocycles. The minimum Gasteiger partial charge on any atom is -0.396 e. The van der Waals surface area contributed by atoms with Crippen molar-refractivity contribution in [2.45, 2.75) is 6.92 Å². The van der Waals surface area contributed by atoms with Crippen LogP contribution in [0.1, 0.15) is 5.69 Å². The molecule has 0 spiro atoms. The van der Waals surface area contributed by atoms with E-state index in [1.54, 1.807) is 12.4 Å². The van der Waals surface area contributed by atoms with Crippen molar-refractivity contribution in [3.63, 3.8) is 0 Å². The van der Waals surface area contributed by atoms with Crippen molar-refractivity contribution >= 4 is 17.5 Å². The molecule has 1 aliphatic rings. The summed E-state index contributed by atoms with van der Waals surface area (Å²) in [7, 11) is 0. The zero-order valence-corrected chi connectivity index (χ0v) is 11.5. The van der Waals surface area contributed by atoms with E-state index in [1.165, 1.54) is 0 Å². The standard InChI is InChI=1S/C14H18N6/c1-11-4-6-17-14(18-11)20-9-7-19(8-10-20)13-12(15)3-2-5-16-13/h2-6H,7-10,15H2,1H3. The number of aromatic nitrogens is 3. The molecule has 1 saturated heterocycles. The fourth-order valence-corrected chi connectivity index (χ4v) is 2.38. The highest BCUT2D eigenvalue weighted by atomic mass is 15.3. The smallest absolute Gasteiger partial charge is 0.225 e. The molecule has 2 aromatic heterocycles. The first kappa shape index (κ1) is 12.7. The molecule has 2 aromatic rings. The van der Waals surface area contributed by atoms with Gasteiger partial charge in [-0.05, 0) is 25.1 Å². The highest BCUT2D eigenvalue weighted by Crippen LogP contribution is 2.21. The van der Waals surface area contributed by atoms with Gasteiger partial charge < -0.3 is 15.5 Å². The minimum absolute atomic E-state index is 0.729. The lowest BCUT2D eigenvalue weighted by molar-refractivity contribution is 0.634. The molecule has 0 radical (unpaired) electrons. The van der Waals surface area contributed by atoms with Gasteiger partial charge in [-0.25, -0.2) is 15.0 Å². The molecular formula is C14H18N6. The topological polar surface area (TPSA) is 71.2 Å². The van der Waals surface area contributed by atoms with Gasteiger partial charge in [0.1, 0.15) is 0 Å². The van der Waals surface area contributed by atoms with Gasteiger partial charge in [0, 0.05) is 44.3 Å². The molecule has 104 valence electrons. The molecule has 0 bridgehead atoms. The summed E-state index contributed by atoms with van der Waals surface area (Å²) in [5, 5.41) is 0. The second-order valence-corrected chi connectivity index (χ2v) is 4.89. The first-order valence-electron chi connectivity index (χ1n) is 6.74. The van der Waals surface area contributed by atoms with E-state index in [-0.39, 0.29) is 0 Å². The van der Waals surface area contributed by atoms with Crippen LogP contribution in [0, 0.1) is 6.92 Å². The van der Waals surface area contributed by atoms with Gasteiger partial charge in [-0.3, -0.25) is 0 Å². The molecule has 3 heterocycles. The maximum Gasteiger partial charge on any atom is 0.225 e. The van der Waals surface area contributed by atoms with E-state index in [2.05, 4.69) is 24.8 Å². The Morgan fingerprint density at radius 1 is 1.00 bits per heavy atom. The lowest BCUT2D eigenvalue weighted by Crippen LogP contribution is -2.47. The molecule has 3 rings (SSSR count). The van der Waals surface area contributed by atoms with Crippen molar-refractivity contribution in [2.24, 2.45) is 0 Å². The second kappa shape index (κ2) is 5.32. The maximum atomic E-state index is 5.97. The lowest BCUT2D eigenvalue weighted by atomic mass is 10.3. The summed E-state index contributed by atoms with van der Waals surface area (Å²) in [5.41, 5.74) is 7.70.